The lowest BCUT2D eigenvalue weighted by molar-refractivity contribution is 0.379. The molecule has 3 heteroatoms. The largest absolute Gasteiger partial charge is 0.398 e. The maximum atomic E-state index is 5.90. The van der Waals surface area contributed by atoms with Gasteiger partial charge >= 0.3 is 0 Å². The summed E-state index contributed by atoms with van der Waals surface area (Å²) in [5, 5.41) is 3.41. The van der Waals surface area contributed by atoms with Crippen LogP contribution in [-0.2, 0) is 6.54 Å². The third kappa shape index (κ3) is 4.67. The van der Waals surface area contributed by atoms with Gasteiger partial charge in [-0.15, -0.1) is 0 Å². The van der Waals surface area contributed by atoms with Crippen LogP contribution in [-0.4, -0.2) is 6.54 Å². The third-order valence-corrected chi connectivity index (χ3v) is 2.57. The molecule has 0 radical (unpaired) electrons. The van der Waals surface area contributed by atoms with Gasteiger partial charge in [0.15, 0.2) is 0 Å². The summed E-state index contributed by atoms with van der Waals surface area (Å²) in [5.74, 6) is 0. The topological polar surface area (TPSA) is 38.0 Å². The SMILES string of the molecule is CC(C)(C)CNCc1ccc(Br)cc1N. The van der Waals surface area contributed by atoms with E-state index in [2.05, 4.69) is 48.1 Å². The molecule has 0 heterocycles. The molecule has 1 aromatic rings. The lowest BCUT2D eigenvalue weighted by Crippen LogP contribution is -2.26. The molecule has 0 aliphatic carbocycles. The molecule has 15 heavy (non-hydrogen) atoms. The average molecular weight is 271 g/mol. The van der Waals surface area contributed by atoms with E-state index in [1.807, 2.05) is 12.1 Å². The van der Waals surface area contributed by atoms with E-state index in [4.69, 9.17) is 5.73 Å². The molecular weight excluding hydrogens is 252 g/mol. The molecule has 2 nitrogen and oxygen atoms in total. The van der Waals surface area contributed by atoms with E-state index in [9.17, 15) is 0 Å². The van der Waals surface area contributed by atoms with Gasteiger partial charge in [0.25, 0.3) is 0 Å². The van der Waals surface area contributed by atoms with Crippen LogP contribution in [0.2, 0.25) is 0 Å². The number of benzene rings is 1. The summed E-state index contributed by atoms with van der Waals surface area (Å²) < 4.78 is 1.03. The number of nitrogens with one attached hydrogen (secondary N) is 1. The predicted octanol–water partition coefficient (Wildman–Crippen LogP) is 3.17. The quantitative estimate of drug-likeness (QED) is 0.829. The minimum Gasteiger partial charge on any atom is -0.398 e. The number of hydrogen-bond donors (Lipinski definition) is 2. The second kappa shape index (κ2) is 4.99. The summed E-state index contributed by atoms with van der Waals surface area (Å²) in [6.07, 6.45) is 0. The Morgan fingerprint density at radius 1 is 1.33 bits per heavy atom. The Labute approximate surface area is 100 Å². The van der Waals surface area contributed by atoms with Crippen molar-refractivity contribution in [2.45, 2.75) is 27.3 Å². The van der Waals surface area contributed by atoms with Crippen molar-refractivity contribution in [2.75, 3.05) is 12.3 Å². The van der Waals surface area contributed by atoms with Gasteiger partial charge in [-0.2, -0.15) is 0 Å². The van der Waals surface area contributed by atoms with Crippen LogP contribution in [0.15, 0.2) is 22.7 Å². The highest BCUT2D eigenvalue weighted by atomic mass is 79.9. The fourth-order valence-electron chi connectivity index (χ4n) is 1.30. The first kappa shape index (κ1) is 12.5. The summed E-state index contributed by atoms with van der Waals surface area (Å²) >= 11 is 3.40. The van der Waals surface area contributed by atoms with Crippen molar-refractivity contribution in [3.63, 3.8) is 0 Å². The Kier molecular flexibility index (Phi) is 4.17. The van der Waals surface area contributed by atoms with Gasteiger partial charge in [-0.3, -0.25) is 0 Å². The van der Waals surface area contributed by atoms with Gasteiger partial charge in [-0.05, 0) is 23.1 Å². The van der Waals surface area contributed by atoms with Crippen LogP contribution >= 0.6 is 15.9 Å². The molecule has 0 unspecified atom stereocenters. The Balaban J connectivity index is 2.51. The van der Waals surface area contributed by atoms with Gasteiger partial charge in [-0.1, -0.05) is 42.8 Å². The summed E-state index contributed by atoms with van der Waals surface area (Å²) in [5.41, 5.74) is 8.20. The van der Waals surface area contributed by atoms with Crippen molar-refractivity contribution in [3.8, 4) is 0 Å². The molecule has 0 aliphatic heterocycles. The monoisotopic (exact) mass is 270 g/mol. The number of anilines is 1. The summed E-state index contributed by atoms with van der Waals surface area (Å²) in [6.45, 7) is 8.46. The smallest absolute Gasteiger partial charge is 0.0370 e. The standard InChI is InChI=1S/C12H19BrN2/c1-12(2,3)8-15-7-9-4-5-10(13)6-11(9)14/h4-6,15H,7-8,14H2,1-3H3. The molecule has 0 amide bonds. The molecule has 0 aromatic heterocycles. The fraction of sp³-hybridized carbons (Fsp3) is 0.500. The van der Waals surface area contributed by atoms with Crippen molar-refractivity contribution < 1.29 is 0 Å². The number of hydrogen-bond acceptors (Lipinski definition) is 2. The molecule has 1 rings (SSSR count). The Morgan fingerprint density at radius 2 is 2.00 bits per heavy atom. The maximum absolute atomic E-state index is 5.90. The highest BCUT2D eigenvalue weighted by Gasteiger charge is 2.09. The van der Waals surface area contributed by atoms with E-state index in [0.717, 1.165) is 28.8 Å². The minimum atomic E-state index is 0.310. The molecule has 0 saturated heterocycles. The van der Waals surface area contributed by atoms with Crippen molar-refractivity contribution in [3.05, 3.63) is 28.2 Å². The van der Waals surface area contributed by atoms with Crippen LogP contribution in [0.4, 0.5) is 5.69 Å². The predicted molar refractivity (Wildman–Crippen MR) is 69.7 cm³/mol. The van der Waals surface area contributed by atoms with E-state index in [-0.39, 0.29) is 0 Å². The molecule has 1 aromatic carbocycles. The second-order valence-corrected chi connectivity index (χ2v) is 5.92. The first-order valence-corrected chi connectivity index (χ1v) is 5.92. The number of nitrogen functional groups attached to an aromatic ring is 1. The zero-order valence-electron chi connectivity index (χ0n) is 9.60. The summed E-state index contributed by atoms with van der Waals surface area (Å²) in [6, 6.07) is 6.01. The van der Waals surface area contributed by atoms with E-state index in [1.54, 1.807) is 0 Å². The highest BCUT2D eigenvalue weighted by Crippen LogP contribution is 2.18. The summed E-state index contributed by atoms with van der Waals surface area (Å²) in [7, 11) is 0. The van der Waals surface area contributed by atoms with Crippen LogP contribution in [0.1, 0.15) is 26.3 Å². The lowest BCUT2D eigenvalue weighted by Gasteiger charge is -2.19. The molecule has 84 valence electrons. The van der Waals surface area contributed by atoms with Crippen LogP contribution in [0, 0.1) is 5.41 Å². The Bertz CT molecular complexity index is 329. The van der Waals surface area contributed by atoms with Crippen LogP contribution < -0.4 is 11.1 Å². The lowest BCUT2D eigenvalue weighted by atomic mass is 9.97. The first-order chi connectivity index (χ1) is 6.88. The molecule has 0 saturated carbocycles. The third-order valence-electron chi connectivity index (χ3n) is 2.08. The number of halogens is 1. The van der Waals surface area contributed by atoms with Gasteiger partial charge in [0.05, 0.1) is 0 Å². The van der Waals surface area contributed by atoms with E-state index >= 15 is 0 Å². The maximum Gasteiger partial charge on any atom is 0.0370 e. The average Bonchev–Trinajstić information content (AvgIpc) is 2.07. The molecule has 0 fully saturated rings. The van der Waals surface area contributed by atoms with Gasteiger partial charge in [-0.25, -0.2) is 0 Å². The van der Waals surface area contributed by atoms with Gasteiger partial charge in [0.1, 0.15) is 0 Å². The molecule has 0 bridgehead atoms. The van der Waals surface area contributed by atoms with Crippen LogP contribution in [0.5, 0.6) is 0 Å². The van der Waals surface area contributed by atoms with Crippen molar-refractivity contribution in [2.24, 2.45) is 5.41 Å². The second-order valence-electron chi connectivity index (χ2n) is 5.01. The van der Waals surface area contributed by atoms with Crippen molar-refractivity contribution in [1.29, 1.82) is 0 Å². The normalized spacial score (nSPS) is 11.7. The van der Waals surface area contributed by atoms with Crippen molar-refractivity contribution in [1.82, 2.24) is 5.32 Å². The Morgan fingerprint density at radius 3 is 2.53 bits per heavy atom. The molecule has 0 spiro atoms. The first-order valence-electron chi connectivity index (χ1n) is 5.13. The zero-order chi connectivity index (χ0) is 11.5. The highest BCUT2D eigenvalue weighted by molar-refractivity contribution is 9.10. The summed E-state index contributed by atoms with van der Waals surface area (Å²) in [4.78, 5) is 0. The number of nitrogens with two attached hydrogens (primary N) is 1. The molecule has 3 N–H and O–H groups in total. The fourth-order valence-corrected chi connectivity index (χ4v) is 1.68. The van der Waals surface area contributed by atoms with Gasteiger partial charge in [0, 0.05) is 23.2 Å². The zero-order valence-corrected chi connectivity index (χ0v) is 11.2. The molecular formula is C12H19BrN2. The van der Waals surface area contributed by atoms with E-state index in [0.29, 0.717) is 5.41 Å². The van der Waals surface area contributed by atoms with Gasteiger partial charge in [0.2, 0.25) is 0 Å². The van der Waals surface area contributed by atoms with Gasteiger partial charge < -0.3 is 11.1 Å². The van der Waals surface area contributed by atoms with Crippen LogP contribution in [0.3, 0.4) is 0 Å². The Hall–Kier alpha value is -0.540. The van der Waals surface area contributed by atoms with E-state index < -0.39 is 0 Å². The molecule has 0 aliphatic rings. The van der Waals surface area contributed by atoms with Crippen molar-refractivity contribution >= 4 is 21.6 Å². The number of rotatable bonds is 3. The van der Waals surface area contributed by atoms with Crippen LogP contribution in [0.25, 0.3) is 0 Å². The molecule has 0 atom stereocenters. The minimum absolute atomic E-state index is 0.310. The van der Waals surface area contributed by atoms with E-state index in [1.165, 1.54) is 0 Å².